The zero-order valence-corrected chi connectivity index (χ0v) is 13.2. The standard InChI is InChI=1S/C14H16ClN3OS/c1-14(2,3)10-6-9(7-11(15)18-10)13(19)17-8-12-16-4-5-20-12/h4-7H,8H2,1-3H3,(H,17,19). The van der Waals surface area contributed by atoms with Gasteiger partial charge in [-0.05, 0) is 12.1 Å². The highest BCUT2D eigenvalue weighted by Gasteiger charge is 2.19. The number of nitrogens with zero attached hydrogens (tertiary/aromatic N) is 2. The van der Waals surface area contributed by atoms with Crippen LogP contribution in [0.4, 0.5) is 0 Å². The Balaban J connectivity index is 2.15. The molecule has 0 aliphatic heterocycles. The van der Waals surface area contributed by atoms with Crippen LogP contribution >= 0.6 is 22.9 Å². The Hall–Kier alpha value is -1.46. The number of aromatic nitrogens is 2. The summed E-state index contributed by atoms with van der Waals surface area (Å²) in [5.74, 6) is -0.171. The molecule has 4 nitrogen and oxygen atoms in total. The summed E-state index contributed by atoms with van der Waals surface area (Å²) in [7, 11) is 0. The monoisotopic (exact) mass is 309 g/mol. The first-order chi connectivity index (χ1) is 9.36. The van der Waals surface area contributed by atoms with Crippen molar-refractivity contribution in [3.05, 3.63) is 45.1 Å². The third kappa shape index (κ3) is 3.77. The van der Waals surface area contributed by atoms with E-state index in [4.69, 9.17) is 11.6 Å². The lowest BCUT2D eigenvalue weighted by atomic mass is 9.91. The number of carbonyl (C=O) groups excluding carboxylic acids is 1. The van der Waals surface area contributed by atoms with Crippen LogP contribution in [-0.2, 0) is 12.0 Å². The van der Waals surface area contributed by atoms with Gasteiger partial charge in [-0.15, -0.1) is 11.3 Å². The van der Waals surface area contributed by atoms with Crippen LogP contribution in [0.2, 0.25) is 5.15 Å². The lowest BCUT2D eigenvalue weighted by Crippen LogP contribution is -2.24. The molecule has 0 fully saturated rings. The average molecular weight is 310 g/mol. The van der Waals surface area contributed by atoms with Gasteiger partial charge in [0.25, 0.3) is 5.91 Å². The third-order valence-electron chi connectivity index (χ3n) is 2.71. The molecule has 6 heteroatoms. The number of amides is 1. The molecule has 106 valence electrons. The van der Waals surface area contributed by atoms with Gasteiger partial charge in [0.05, 0.1) is 6.54 Å². The summed E-state index contributed by atoms with van der Waals surface area (Å²) in [5.41, 5.74) is 1.16. The van der Waals surface area contributed by atoms with Crippen molar-refractivity contribution in [2.45, 2.75) is 32.7 Å². The predicted octanol–water partition coefficient (Wildman–Crippen LogP) is 3.42. The Morgan fingerprint density at radius 2 is 2.15 bits per heavy atom. The topological polar surface area (TPSA) is 54.9 Å². The van der Waals surface area contributed by atoms with E-state index in [2.05, 4.69) is 15.3 Å². The molecule has 0 aliphatic carbocycles. The highest BCUT2D eigenvalue weighted by molar-refractivity contribution is 7.09. The number of hydrogen-bond donors (Lipinski definition) is 1. The SMILES string of the molecule is CC(C)(C)c1cc(C(=O)NCc2nccs2)cc(Cl)n1. The molecule has 0 aromatic carbocycles. The van der Waals surface area contributed by atoms with Crippen molar-refractivity contribution < 1.29 is 4.79 Å². The molecule has 0 spiro atoms. The first-order valence-corrected chi connectivity index (χ1v) is 7.46. The zero-order chi connectivity index (χ0) is 14.8. The minimum absolute atomic E-state index is 0.158. The second kappa shape index (κ2) is 5.89. The van der Waals surface area contributed by atoms with E-state index in [0.717, 1.165) is 10.7 Å². The van der Waals surface area contributed by atoms with Crippen molar-refractivity contribution in [3.8, 4) is 0 Å². The summed E-state index contributed by atoms with van der Waals surface area (Å²) in [5, 5.41) is 5.91. The molecular weight excluding hydrogens is 294 g/mol. The van der Waals surface area contributed by atoms with E-state index < -0.39 is 0 Å². The second-order valence-electron chi connectivity index (χ2n) is 5.42. The van der Waals surface area contributed by atoms with Gasteiger partial charge in [0, 0.05) is 28.2 Å². The number of halogens is 1. The van der Waals surface area contributed by atoms with Crippen LogP contribution in [0.25, 0.3) is 0 Å². The van der Waals surface area contributed by atoms with Crippen molar-refractivity contribution in [2.24, 2.45) is 0 Å². The van der Waals surface area contributed by atoms with Crippen LogP contribution in [0.15, 0.2) is 23.7 Å². The molecule has 2 aromatic rings. The molecule has 0 unspecified atom stereocenters. The maximum absolute atomic E-state index is 12.2. The Morgan fingerprint density at radius 1 is 1.40 bits per heavy atom. The number of rotatable bonds is 3. The number of carbonyl (C=O) groups is 1. The van der Waals surface area contributed by atoms with E-state index in [1.165, 1.54) is 11.3 Å². The Labute approximate surface area is 127 Å². The van der Waals surface area contributed by atoms with E-state index in [1.54, 1.807) is 18.3 Å². The summed E-state index contributed by atoms with van der Waals surface area (Å²) in [4.78, 5) is 20.5. The zero-order valence-electron chi connectivity index (χ0n) is 11.6. The van der Waals surface area contributed by atoms with Crippen molar-refractivity contribution >= 4 is 28.8 Å². The lowest BCUT2D eigenvalue weighted by molar-refractivity contribution is 0.0950. The molecule has 1 amide bonds. The molecule has 1 N–H and O–H groups in total. The fourth-order valence-electron chi connectivity index (χ4n) is 1.61. The molecule has 2 aromatic heterocycles. The van der Waals surface area contributed by atoms with Crippen LogP contribution in [0.1, 0.15) is 41.8 Å². The third-order valence-corrected chi connectivity index (χ3v) is 3.68. The van der Waals surface area contributed by atoms with Gasteiger partial charge in [-0.25, -0.2) is 9.97 Å². The Kier molecular flexibility index (Phi) is 4.40. The van der Waals surface area contributed by atoms with Crippen LogP contribution in [0.5, 0.6) is 0 Å². The fraction of sp³-hybridized carbons (Fsp3) is 0.357. The first-order valence-electron chi connectivity index (χ1n) is 6.21. The lowest BCUT2D eigenvalue weighted by Gasteiger charge is -2.18. The molecule has 0 radical (unpaired) electrons. The number of pyridine rings is 1. The predicted molar refractivity (Wildman–Crippen MR) is 81.2 cm³/mol. The highest BCUT2D eigenvalue weighted by atomic mass is 35.5. The van der Waals surface area contributed by atoms with Crippen molar-refractivity contribution in [1.29, 1.82) is 0 Å². The van der Waals surface area contributed by atoms with E-state index in [1.807, 2.05) is 26.2 Å². The Bertz CT molecular complexity index is 605. The molecule has 0 saturated carbocycles. The fourth-order valence-corrected chi connectivity index (χ4v) is 2.38. The summed E-state index contributed by atoms with van der Waals surface area (Å²) >= 11 is 7.50. The summed E-state index contributed by atoms with van der Waals surface area (Å²) in [6.45, 7) is 6.51. The minimum atomic E-state index is -0.171. The number of hydrogen-bond acceptors (Lipinski definition) is 4. The second-order valence-corrected chi connectivity index (χ2v) is 6.79. The van der Waals surface area contributed by atoms with E-state index in [-0.39, 0.29) is 11.3 Å². The van der Waals surface area contributed by atoms with Crippen LogP contribution in [0.3, 0.4) is 0 Å². The van der Waals surface area contributed by atoms with Gasteiger partial charge in [0.15, 0.2) is 0 Å². The van der Waals surface area contributed by atoms with E-state index in [0.29, 0.717) is 17.3 Å². The van der Waals surface area contributed by atoms with Gasteiger partial charge < -0.3 is 5.32 Å². The number of nitrogens with one attached hydrogen (secondary N) is 1. The number of thiazole rings is 1. The maximum Gasteiger partial charge on any atom is 0.251 e. The van der Waals surface area contributed by atoms with E-state index in [9.17, 15) is 4.79 Å². The van der Waals surface area contributed by atoms with Gasteiger partial charge in [-0.3, -0.25) is 4.79 Å². The Morgan fingerprint density at radius 3 is 2.75 bits per heavy atom. The quantitative estimate of drug-likeness (QED) is 0.884. The molecule has 0 saturated heterocycles. The van der Waals surface area contributed by atoms with Gasteiger partial charge in [0.1, 0.15) is 10.2 Å². The summed E-state index contributed by atoms with van der Waals surface area (Å²) < 4.78 is 0. The van der Waals surface area contributed by atoms with Gasteiger partial charge in [0.2, 0.25) is 0 Å². The van der Waals surface area contributed by atoms with Gasteiger partial charge in [-0.2, -0.15) is 0 Å². The smallest absolute Gasteiger partial charge is 0.251 e. The van der Waals surface area contributed by atoms with Crippen molar-refractivity contribution in [1.82, 2.24) is 15.3 Å². The molecule has 20 heavy (non-hydrogen) atoms. The molecule has 0 atom stereocenters. The molecular formula is C14H16ClN3OS. The van der Waals surface area contributed by atoms with Crippen LogP contribution in [-0.4, -0.2) is 15.9 Å². The normalized spacial score (nSPS) is 11.4. The van der Waals surface area contributed by atoms with Gasteiger partial charge in [-0.1, -0.05) is 32.4 Å². The largest absolute Gasteiger partial charge is 0.346 e. The van der Waals surface area contributed by atoms with Crippen molar-refractivity contribution in [2.75, 3.05) is 0 Å². The summed E-state index contributed by atoms with van der Waals surface area (Å²) in [6, 6.07) is 3.36. The highest BCUT2D eigenvalue weighted by Crippen LogP contribution is 2.23. The van der Waals surface area contributed by atoms with Gasteiger partial charge >= 0.3 is 0 Å². The minimum Gasteiger partial charge on any atom is -0.346 e. The molecule has 2 heterocycles. The first kappa shape index (κ1) is 14.9. The molecule has 2 rings (SSSR count). The van der Waals surface area contributed by atoms with Crippen LogP contribution in [0, 0.1) is 0 Å². The van der Waals surface area contributed by atoms with E-state index >= 15 is 0 Å². The van der Waals surface area contributed by atoms with Crippen LogP contribution < -0.4 is 5.32 Å². The maximum atomic E-state index is 12.2. The molecule has 0 bridgehead atoms. The van der Waals surface area contributed by atoms with Crippen molar-refractivity contribution in [3.63, 3.8) is 0 Å². The molecule has 0 aliphatic rings. The average Bonchev–Trinajstić information content (AvgIpc) is 2.87. The summed E-state index contributed by atoms with van der Waals surface area (Å²) in [6.07, 6.45) is 1.72.